The molecule has 0 aliphatic rings. The monoisotopic (exact) mass is 199 g/mol. The number of pyridine rings is 1. The van der Waals surface area contributed by atoms with Crippen molar-refractivity contribution >= 4 is 36.6 Å². The van der Waals surface area contributed by atoms with Crippen molar-refractivity contribution < 1.29 is 9.18 Å². The summed E-state index contributed by atoms with van der Waals surface area (Å²) in [6.45, 7) is 0. The Hall–Kier alpha value is -1.30. The number of hydrogen-bond acceptors (Lipinski definition) is 3. The fourth-order valence-corrected chi connectivity index (χ4v) is 0.962. The molecule has 0 aliphatic carbocycles. The number of halogens is 2. The summed E-state index contributed by atoms with van der Waals surface area (Å²) >= 11 is 5.48. The number of nitrogens with two attached hydrogens (primary N) is 2. The van der Waals surface area contributed by atoms with E-state index in [0.29, 0.717) is 0 Å². The predicted molar refractivity (Wildman–Crippen MR) is 47.5 cm³/mol. The number of rotatable bonds is 1. The zero-order chi connectivity index (χ0) is 10.2. The molecule has 0 spiro atoms. The third kappa shape index (κ3) is 1.57. The van der Waals surface area contributed by atoms with Gasteiger partial charge in [-0.1, -0.05) is 11.6 Å². The highest BCUT2D eigenvalue weighted by atomic mass is 35.5. The molecule has 1 rings (SSSR count). The number of nitrogen functional groups attached to an aromatic ring is 1. The molecule has 0 fully saturated rings. The van der Waals surface area contributed by atoms with Crippen molar-refractivity contribution in [2.75, 3.05) is 5.73 Å². The van der Waals surface area contributed by atoms with E-state index in [1.165, 1.54) is 0 Å². The van der Waals surface area contributed by atoms with Crippen LogP contribution in [0.2, 0.25) is 5.02 Å². The van der Waals surface area contributed by atoms with Gasteiger partial charge in [-0.25, -0.2) is 4.39 Å². The van der Waals surface area contributed by atoms with E-state index in [0.717, 1.165) is 0 Å². The van der Waals surface area contributed by atoms with E-state index in [4.69, 9.17) is 30.9 Å². The molecule has 0 bridgehead atoms. The first-order valence-corrected chi connectivity index (χ1v) is 3.52. The number of nitrogens with zero attached hydrogens (tertiary/aromatic N) is 1. The van der Waals surface area contributed by atoms with Gasteiger partial charge in [-0.05, 0) is 0 Å². The standard InChI is InChI=1S/C6H4BClFN3O/c7-5-2(9)3(10)1(8)4(12-5)6(11)13/h(H2,10,12)(H2,11,13). The Morgan fingerprint density at radius 1 is 1.62 bits per heavy atom. The molecule has 1 amide bonds. The van der Waals surface area contributed by atoms with Crippen LogP contribution in [0, 0.1) is 5.82 Å². The lowest BCUT2D eigenvalue weighted by Crippen LogP contribution is -2.24. The number of hydrogen-bond donors (Lipinski definition) is 2. The van der Waals surface area contributed by atoms with Crippen molar-refractivity contribution in [2.45, 2.75) is 0 Å². The van der Waals surface area contributed by atoms with Crippen LogP contribution in [-0.2, 0) is 0 Å². The number of aromatic nitrogens is 1. The van der Waals surface area contributed by atoms with Gasteiger partial charge in [-0.2, -0.15) is 0 Å². The number of carbonyl (C=O) groups is 1. The molecule has 13 heavy (non-hydrogen) atoms. The molecular weight excluding hydrogens is 195 g/mol. The number of carbonyl (C=O) groups excluding carboxylic acids is 1. The predicted octanol–water partition coefficient (Wildman–Crippen LogP) is -0.651. The fourth-order valence-electron chi connectivity index (χ4n) is 0.744. The van der Waals surface area contributed by atoms with Crippen LogP contribution in [0.25, 0.3) is 0 Å². The molecule has 0 unspecified atom stereocenters. The quantitative estimate of drug-likeness (QED) is 0.590. The fraction of sp³-hybridized carbons (Fsp3) is 0. The third-order valence-corrected chi connectivity index (χ3v) is 1.75. The molecule has 2 radical (unpaired) electrons. The summed E-state index contributed by atoms with van der Waals surface area (Å²) in [5.41, 5.74) is 8.80. The molecule has 0 aliphatic heterocycles. The molecule has 7 heteroatoms. The number of anilines is 1. The highest BCUT2D eigenvalue weighted by Gasteiger charge is 2.16. The van der Waals surface area contributed by atoms with E-state index in [2.05, 4.69) is 4.98 Å². The topological polar surface area (TPSA) is 82.0 Å². The molecule has 4 nitrogen and oxygen atoms in total. The second-order valence-electron chi connectivity index (χ2n) is 2.25. The van der Waals surface area contributed by atoms with Crippen LogP contribution in [0.5, 0.6) is 0 Å². The maximum absolute atomic E-state index is 12.9. The molecule has 0 atom stereocenters. The van der Waals surface area contributed by atoms with Gasteiger partial charge in [0, 0.05) is 5.59 Å². The van der Waals surface area contributed by atoms with Crippen molar-refractivity contribution in [1.82, 2.24) is 4.98 Å². The van der Waals surface area contributed by atoms with E-state index in [-0.39, 0.29) is 10.7 Å². The first-order valence-electron chi connectivity index (χ1n) is 3.15. The van der Waals surface area contributed by atoms with Crippen LogP contribution in [0.4, 0.5) is 10.1 Å². The van der Waals surface area contributed by atoms with Gasteiger partial charge >= 0.3 is 0 Å². The second-order valence-corrected chi connectivity index (χ2v) is 2.63. The van der Waals surface area contributed by atoms with Gasteiger partial charge in [0.1, 0.15) is 13.5 Å². The smallest absolute Gasteiger partial charge is 0.268 e. The zero-order valence-corrected chi connectivity index (χ0v) is 7.10. The van der Waals surface area contributed by atoms with Crippen LogP contribution in [0.15, 0.2) is 0 Å². The van der Waals surface area contributed by atoms with Gasteiger partial charge in [0.05, 0.1) is 10.7 Å². The summed E-state index contributed by atoms with van der Waals surface area (Å²) < 4.78 is 12.9. The normalized spacial score (nSPS) is 10.0. The van der Waals surface area contributed by atoms with E-state index in [1.54, 1.807) is 0 Å². The van der Waals surface area contributed by atoms with Gasteiger partial charge in [-0.15, -0.1) is 0 Å². The Bertz CT molecular complexity index is 385. The summed E-state index contributed by atoms with van der Waals surface area (Å²) in [4.78, 5) is 14.0. The minimum absolute atomic E-state index is 0.320. The molecule has 4 N–H and O–H groups in total. The van der Waals surface area contributed by atoms with Gasteiger partial charge in [0.15, 0.2) is 5.82 Å². The van der Waals surface area contributed by atoms with Gasteiger partial charge in [0.2, 0.25) is 0 Å². The van der Waals surface area contributed by atoms with Crippen LogP contribution < -0.4 is 17.1 Å². The number of amides is 1. The average molecular weight is 199 g/mol. The molecule has 66 valence electrons. The Morgan fingerprint density at radius 3 is 2.62 bits per heavy atom. The van der Waals surface area contributed by atoms with Gasteiger partial charge in [0.25, 0.3) is 5.91 Å². The van der Waals surface area contributed by atoms with E-state index in [9.17, 15) is 9.18 Å². The van der Waals surface area contributed by atoms with E-state index in [1.807, 2.05) is 0 Å². The van der Waals surface area contributed by atoms with Crippen LogP contribution >= 0.6 is 11.6 Å². The molecular formula is C6H4BClFN3O. The second kappa shape index (κ2) is 3.22. The van der Waals surface area contributed by atoms with Crippen molar-refractivity contribution in [3.8, 4) is 0 Å². The molecule has 0 saturated carbocycles. The summed E-state index contributed by atoms with van der Waals surface area (Å²) in [5, 5.41) is -0.320. The third-order valence-electron chi connectivity index (χ3n) is 1.37. The first kappa shape index (κ1) is 9.79. The highest BCUT2D eigenvalue weighted by Crippen LogP contribution is 2.22. The van der Waals surface area contributed by atoms with Crippen molar-refractivity contribution in [1.29, 1.82) is 0 Å². The number of primary amides is 1. The van der Waals surface area contributed by atoms with E-state index >= 15 is 0 Å². The van der Waals surface area contributed by atoms with Crippen LogP contribution in [0.1, 0.15) is 10.5 Å². The van der Waals surface area contributed by atoms with Crippen molar-refractivity contribution in [3.05, 3.63) is 16.5 Å². The van der Waals surface area contributed by atoms with Crippen molar-refractivity contribution in [2.24, 2.45) is 5.73 Å². The van der Waals surface area contributed by atoms with Gasteiger partial charge in [-0.3, -0.25) is 9.78 Å². The van der Waals surface area contributed by atoms with Crippen LogP contribution in [-0.4, -0.2) is 18.7 Å². The first-order chi connectivity index (χ1) is 5.95. The summed E-state index contributed by atoms with van der Waals surface area (Å²) in [7, 11) is 5.10. The lowest BCUT2D eigenvalue weighted by Gasteiger charge is -2.06. The molecule has 1 aromatic rings. The lowest BCUT2D eigenvalue weighted by atomic mass is 10.0. The molecule has 1 aromatic heterocycles. The maximum atomic E-state index is 12.9. The minimum Gasteiger partial charge on any atom is -0.395 e. The Kier molecular flexibility index (Phi) is 2.42. The van der Waals surface area contributed by atoms with Crippen LogP contribution in [0.3, 0.4) is 0 Å². The average Bonchev–Trinajstić information content (AvgIpc) is 2.07. The van der Waals surface area contributed by atoms with E-state index < -0.39 is 23.0 Å². The minimum atomic E-state index is -0.949. The van der Waals surface area contributed by atoms with Crippen molar-refractivity contribution in [3.63, 3.8) is 0 Å². The highest BCUT2D eigenvalue weighted by molar-refractivity contribution is 6.37. The maximum Gasteiger partial charge on any atom is 0.268 e. The molecule has 0 saturated heterocycles. The molecule has 0 aromatic carbocycles. The summed E-state index contributed by atoms with van der Waals surface area (Å²) in [6.07, 6.45) is 0. The Balaban J connectivity index is 3.50. The summed E-state index contributed by atoms with van der Waals surface area (Å²) in [6, 6.07) is 0. The summed E-state index contributed by atoms with van der Waals surface area (Å²) in [5.74, 6) is -1.86. The Morgan fingerprint density at radius 2 is 2.15 bits per heavy atom. The largest absolute Gasteiger partial charge is 0.395 e. The molecule has 1 heterocycles. The Labute approximate surface area is 79.5 Å². The zero-order valence-electron chi connectivity index (χ0n) is 6.34. The van der Waals surface area contributed by atoms with Gasteiger partial charge < -0.3 is 11.5 Å². The lowest BCUT2D eigenvalue weighted by molar-refractivity contribution is 0.0996. The SMILES string of the molecule is [B]c1nc(C(N)=O)c(Cl)c(N)c1F.